The van der Waals surface area contributed by atoms with Gasteiger partial charge in [0, 0.05) is 5.75 Å². The third-order valence-electron chi connectivity index (χ3n) is 3.15. The zero-order valence-corrected chi connectivity index (χ0v) is 13.5. The van der Waals surface area contributed by atoms with Crippen LogP contribution in [0.1, 0.15) is 32.8 Å². The van der Waals surface area contributed by atoms with E-state index in [0.29, 0.717) is 6.61 Å². The van der Waals surface area contributed by atoms with Crippen molar-refractivity contribution in [2.45, 2.75) is 38.5 Å². The van der Waals surface area contributed by atoms with Gasteiger partial charge in [0.05, 0.1) is 6.61 Å². The van der Waals surface area contributed by atoms with Crippen LogP contribution in [-0.2, 0) is 15.3 Å². The molecule has 0 aliphatic rings. The molecule has 0 fully saturated rings. The molecule has 1 unspecified atom stereocenters. The van der Waals surface area contributed by atoms with Gasteiger partial charge in [-0.25, -0.2) is 0 Å². The summed E-state index contributed by atoms with van der Waals surface area (Å²) in [6.45, 7) is 6.97. The molecule has 0 aliphatic carbocycles. The maximum atomic E-state index is 12.0. The predicted octanol–water partition coefficient (Wildman–Crippen LogP) is 3.24. The molecule has 1 aromatic carbocycles. The summed E-state index contributed by atoms with van der Waals surface area (Å²) < 4.78 is 5.16. The lowest BCUT2D eigenvalue weighted by Crippen LogP contribution is -2.50. The summed E-state index contributed by atoms with van der Waals surface area (Å²) in [6.07, 6.45) is 0.775. The van der Waals surface area contributed by atoms with E-state index >= 15 is 0 Å². The van der Waals surface area contributed by atoms with Crippen molar-refractivity contribution in [3.63, 3.8) is 0 Å². The summed E-state index contributed by atoms with van der Waals surface area (Å²) in [5.41, 5.74) is 0.743. The van der Waals surface area contributed by atoms with Crippen molar-refractivity contribution < 1.29 is 9.53 Å². The van der Waals surface area contributed by atoms with Crippen LogP contribution >= 0.6 is 11.8 Å². The van der Waals surface area contributed by atoms with Crippen molar-refractivity contribution in [3.05, 3.63) is 35.9 Å². The average molecular weight is 295 g/mol. The summed E-state index contributed by atoms with van der Waals surface area (Å²) in [5.74, 6) is 1.76. The molecule has 1 atom stereocenters. The number of hydrogen-bond donors (Lipinski definition) is 1. The van der Waals surface area contributed by atoms with Gasteiger partial charge in [0.25, 0.3) is 0 Å². The van der Waals surface area contributed by atoms with Gasteiger partial charge in [0.1, 0.15) is 5.54 Å². The Balaban J connectivity index is 2.41. The second-order valence-corrected chi connectivity index (χ2v) is 5.98. The van der Waals surface area contributed by atoms with E-state index in [1.54, 1.807) is 0 Å². The molecular formula is C16H25NO2S. The third kappa shape index (κ3) is 5.55. The van der Waals surface area contributed by atoms with Crippen molar-refractivity contribution in [1.82, 2.24) is 5.32 Å². The van der Waals surface area contributed by atoms with Crippen LogP contribution < -0.4 is 5.32 Å². The van der Waals surface area contributed by atoms with E-state index < -0.39 is 5.54 Å². The van der Waals surface area contributed by atoms with E-state index in [1.165, 1.54) is 5.56 Å². The molecule has 3 nitrogen and oxygen atoms in total. The van der Waals surface area contributed by atoms with Crippen LogP contribution in [0.4, 0.5) is 0 Å². The number of benzene rings is 1. The highest BCUT2D eigenvalue weighted by Gasteiger charge is 2.33. The first-order valence-electron chi connectivity index (χ1n) is 7.16. The quantitative estimate of drug-likeness (QED) is 0.561. The fraction of sp³-hybridized carbons (Fsp3) is 0.562. The molecule has 0 aliphatic heterocycles. The van der Waals surface area contributed by atoms with Crippen molar-refractivity contribution in [1.29, 1.82) is 0 Å². The van der Waals surface area contributed by atoms with Gasteiger partial charge < -0.3 is 10.1 Å². The SMILES string of the molecule is CCNC(C)(CCSCc1ccccc1)C(=O)OCC. The maximum absolute atomic E-state index is 12.0. The number of carbonyl (C=O) groups is 1. The van der Waals surface area contributed by atoms with E-state index in [4.69, 9.17) is 4.74 Å². The Morgan fingerprint density at radius 1 is 1.30 bits per heavy atom. The number of ether oxygens (including phenoxy) is 1. The first-order valence-corrected chi connectivity index (χ1v) is 8.31. The monoisotopic (exact) mass is 295 g/mol. The lowest BCUT2D eigenvalue weighted by molar-refractivity contribution is -0.150. The van der Waals surface area contributed by atoms with Gasteiger partial charge in [-0.2, -0.15) is 11.8 Å². The minimum absolute atomic E-state index is 0.151. The molecule has 0 aromatic heterocycles. The van der Waals surface area contributed by atoms with Gasteiger partial charge in [0.2, 0.25) is 0 Å². The average Bonchev–Trinajstić information content (AvgIpc) is 2.45. The highest BCUT2D eigenvalue weighted by molar-refractivity contribution is 7.98. The second-order valence-electron chi connectivity index (χ2n) is 4.87. The van der Waals surface area contributed by atoms with E-state index in [0.717, 1.165) is 24.5 Å². The summed E-state index contributed by atoms with van der Waals surface area (Å²) in [4.78, 5) is 12.0. The molecule has 4 heteroatoms. The van der Waals surface area contributed by atoms with Gasteiger partial charge in [-0.3, -0.25) is 4.79 Å². The number of esters is 1. The molecule has 1 aromatic rings. The van der Waals surface area contributed by atoms with Crippen molar-refractivity contribution in [2.24, 2.45) is 0 Å². The van der Waals surface area contributed by atoms with E-state index in [-0.39, 0.29) is 5.97 Å². The van der Waals surface area contributed by atoms with Crippen LogP contribution in [-0.4, -0.2) is 30.4 Å². The van der Waals surface area contributed by atoms with Gasteiger partial charge >= 0.3 is 5.97 Å². The molecule has 0 heterocycles. The van der Waals surface area contributed by atoms with E-state index in [1.807, 2.05) is 38.6 Å². The Bertz CT molecular complexity index is 397. The van der Waals surface area contributed by atoms with E-state index in [2.05, 4.69) is 29.6 Å². The van der Waals surface area contributed by atoms with E-state index in [9.17, 15) is 4.79 Å². The van der Waals surface area contributed by atoms with Gasteiger partial charge in [0.15, 0.2) is 0 Å². The highest BCUT2D eigenvalue weighted by Crippen LogP contribution is 2.19. The highest BCUT2D eigenvalue weighted by atomic mass is 32.2. The minimum Gasteiger partial charge on any atom is -0.465 e. The molecule has 1 N–H and O–H groups in total. The summed E-state index contributed by atoms with van der Waals surface area (Å²) >= 11 is 1.85. The zero-order valence-electron chi connectivity index (χ0n) is 12.6. The molecule has 0 radical (unpaired) electrons. The number of nitrogens with one attached hydrogen (secondary N) is 1. The Hall–Kier alpha value is -1.00. The summed E-state index contributed by atoms with van der Waals surface area (Å²) in [6, 6.07) is 10.4. The maximum Gasteiger partial charge on any atom is 0.326 e. The minimum atomic E-state index is -0.575. The molecule has 0 saturated carbocycles. The van der Waals surface area contributed by atoms with Crippen LogP contribution in [0.5, 0.6) is 0 Å². The van der Waals surface area contributed by atoms with Crippen LogP contribution in [0, 0.1) is 0 Å². The van der Waals surface area contributed by atoms with Crippen LogP contribution in [0.25, 0.3) is 0 Å². The van der Waals surface area contributed by atoms with Crippen LogP contribution in [0.2, 0.25) is 0 Å². The molecule has 0 amide bonds. The molecule has 1 rings (SSSR count). The number of thioether (sulfide) groups is 1. The lowest BCUT2D eigenvalue weighted by atomic mass is 9.99. The number of carbonyl (C=O) groups excluding carboxylic acids is 1. The number of hydrogen-bond acceptors (Lipinski definition) is 4. The van der Waals surface area contributed by atoms with Crippen LogP contribution in [0.3, 0.4) is 0 Å². The zero-order chi connectivity index (χ0) is 14.8. The molecular weight excluding hydrogens is 270 g/mol. The molecule has 0 bridgehead atoms. The lowest BCUT2D eigenvalue weighted by Gasteiger charge is -2.27. The Morgan fingerprint density at radius 2 is 2.00 bits per heavy atom. The second kappa shape index (κ2) is 9.03. The van der Waals surface area contributed by atoms with Crippen molar-refractivity contribution in [3.8, 4) is 0 Å². The Morgan fingerprint density at radius 3 is 2.60 bits per heavy atom. The third-order valence-corrected chi connectivity index (χ3v) is 4.18. The van der Waals surface area contributed by atoms with Crippen molar-refractivity contribution in [2.75, 3.05) is 18.9 Å². The normalized spacial score (nSPS) is 13.8. The smallest absolute Gasteiger partial charge is 0.326 e. The molecule has 20 heavy (non-hydrogen) atoms. The Labute approximate surface area is 126 Å². The molecule has 0 spiro atoms. The first kappa shape index (κ1) is 17.1. The number of likely N-dealkylation sites (N-methyl/N-ethyl adjacent to an activating group) is 1. The fourth-order valence-corrected chi connectivity index (χ4v) is 3.11. The fourth-order valence-electron chi connectivity index (χ4n) is 1.98. The summed E-state index contributed by atoms with van der Waals surface area (Å²) in [5, 5.41) is 3.25. The standard InChI is InChI=1S/C16H25NO2S/c1-4-17-16(3,15(18)19-5-2)11-12-20-13-14-9-7-6-8-10-14/h6-10,17H,4-5,11-13H2,1-3H3. The topological polar surface area (TPSA) is 38.3 Å². The number of rotatable bonds is 9. The van der Waals surface area contributed by atoms with Gasteiger partial charge in [-0.05, 0) is 38.1 Å². The Kier molecular flexibility index (Phi) is 7.70. The molecule has 112 valence electrons. The summed E-state index contributed by atoms with van der Waals surface area (Å²) in [7, 11) is 0. The predicted molar refractivity (Wildman–Crippen MR) is 85.9 cm³/mol. The molecule has 0 saturated heterocycles. The van der Waals surface area contributed by atoms with Crippen LogP contribution in [0.15, 0.2) is 30.3 Å². The van der Waals surface area contributed by atoms with Gasteiger partial charge in [-0.15, -0.1) is 0 Å². The van der Waals surface area contributed by atoms with Crippen molar-refractivity contribution >= 4 is 17.7 Å². The largest absolute Gasteiger partial charge is 0.465 e. The van der Waals surface area contributed by atoms with Gasteiger partial charge in [-0.1, -0.05) is 37.3 Å². The first-order chi connectivity index (χ1) is 9.62.